The number of rotatable bonds is 6. The van der Waals surface area contributed by atoms with Crippen LogP contribution in [0.15, 0.2) is 47.4 Å². The van der Waals surface area contributed by atoms with Gasteiger partial charge in [0.15, 0.2) is 9.84 Å². The van der Waals surface area contributed by atoms with Crippen LogP contribution in [-0.4, -0.2) is 14.2 Å². The van der Waals surface area contributed by atoms with Crippen molar-refractivity contribution in [1.29, 1.82) is 5.26 Å². The van der Waals surface area contributed by atoms with Gasteiger partial charge in [-0.25, -0.2) is 17.2 Å². The van der Waals surface area contributed by atoms with E-state index in [0.29, 0.717) is 40.1 Å². The second-order valence-electron chi connectivity index (χ2n) is 7.23. The summed E-state index contributed by atoms with van der Waals surface area (Å²) in [6, 6.07) is 8.89. The number of benzene rings is 2. The predicted octanol–water partition coefficient (Wildman–Crippen LogP) is 5.91. The molecule has 0 aliphatic heterocycles. The summed E-state index contributed by atoms with van der Waals surface area (Å²) >= 11 is 5.96. The van der Waals surface area contributed by atoms with Gasteiger partial charge in [0.05, 0.1) is 22.3 Å². The SMILES string of the molecule is Cc1cc(CCCS(=O)(=O)C2=CCCC(c3cc(Cl)ccc3F)=C2)c(F)cc1C#N. The summed E-state index contributed by atoms with van der Waals surface area (Å²) in [7, 11) is -3.60. The lowest BCUT2D eigenvalue weighted by atomic mass is 9.97. The van der Waals surface area contributed by atoms with Crippen LogP contribution in [0.1, 0.15) is 41.5 Å². The Balaban J connectivity index is 1.74. The van der Waals surface area contributed by atoms with Crippen molar-refractivity contribution >= 4 is 27.0 Å². The number of nitriles is 1. The summed E-state index contributed by atoms with van der Waals surface area (Å²) in [5.41, 5.74) is 2.20. The van der Waals surface area contributed by atoms with Crippen molar-refractivity contribution in [3.63, 3.8) is 0 Å². The Hall–Kier alpha value is -2.49. The van der Waals surface area contributed by atoms with Crippen LogP contribution < -0.4 is 0 Å². The van der Waals surface area contributed by atoms with E-state index in [0.717, 1.165) is 0 Å². The van der Waals surface area contributed by atoms with Gasteiger partial charge in [-0.15, -0.1) is 0 Å². The lowest BCUT2D eigenvalue weighted by molar-refractivity contribution is 0.593. The molecule has 1 aliphatic carbocycles. The van der Waals surface area contributed by atoms with Gasteiger partial charge in [0.1, 0.15) is 11.6 Å². The third-order valence-corrected chi connectivity index (χ3v) is 7.15. The highest BCUT2D eigenvalue weighted by atomic mass is 35.5. The Bertz CT molecular complexity index is 1190. The van der Waals surface area contributed by atoms with Crippen molar-refractivity contribution in [2.24, 2.45) is 0 Å². The van der Waals surface area contributed by atoms with Crippen LogP contribution in [0, 0.1) is 29.9 Å². The first-order valence-electron chi connectivity index (χ1n) is 9.49. The number of nitrogens with zero attached hydrogens (tertiary/aromatic N) is 1. The molecule has 0 fully saturated rings. The summed E-state index contributed by atoms with van der Waals surface area (Å²) < 4.78 is 53.9. The molecule has 0 atom stereocenters. The fraction of sp³-hybridized carbons (Fsp3) is 0.261. The lowest BCUT2D eigenvalue weighted by Crippen LogP contribution is -2.11. The molecule has 0 N–H and O–H groups in total. The van der Waals surface area contributed by atoms with Crippen molar-refractivity contribution in [1.82, 2.24) is 0 Å². The van der Waals surface area contributed by atoms with E-state index in [1.165, 1.54) is 30.3 Å². The standard InChI is InChI=1S/C23H20ClF2NO2S/c1-15-10-17(23(26)12-18(15)14-27)5-3-9-30(28,29)20-6-2-4-16(11-20)21-13-19(24)7-8-22(21)25/h6-8,10-13H,2-5,9H2,1H3. The molecule has 0 saturated carbocycles. The Morgan fingerprint density at radius 3 is 2.67 bits per heavy atom. The second-order valence-corrected chi connectivity index (χ2v) is 9.78. The van der Waals surface area contributed by atoms with Gasteiger partial charge in [0.2, 0.25) is 0 Å². The monoisotopic (exact) mass is 447 g/mol. The first-order chi connectivity index (χ1) is 14.2. The minimum absolute atomic E-state index is 0.152. The molecule has 0 radical (unpaired) electrons. The van der Waals surface area contributed by atoms with Crippen LogP contribution in [0.4, 0.5) is 8.78 Å². The molecule has 156 valence electrons. The molecule has 0 heterocycles. The van der Waals surface area contributed by atoms with E-state index in [1.54, 1.807) is 19.1 Å². The highest BCUT2D eigenvalue weighted by Crippen LogP contribution is 2.32. The number of halogens is 3. The van der Waals surface area contributed by atoms with E-state index in [9.17, 15) is 17.2 Å². The Labute approximate surface area is 180 Å². The Morgan fingerprint density at radius 2 is 1.93 bits per heavy atom. The van der Waals surface area contributed by atoms with Crippen LogP contribution in [0.2, 0.25) is 5.02 Å². The molecule has 0 amide bonds. The average Bonchev–Trinajstić information content (AvgIpc) is 2.72. The van der Waals surface area contributed by atoms with Crippen LogP contribution in [0.3, 0.4) is 0 Å². The summed E-state index contributed by atoms with van der Waals surface area (Å²) in [6.45, 7) is 1.71. The molecule has 0 unspecified atom stereocenters. The van der Waals surface area contributed by atoms with Crippen LogP contribution in [0.5, 0.6) is 0 Å². The normalized spacial score (nSPS) is 14.1. The fourth-order valence-corrected chi connectivity index (χ4v) is 5.10. The molecule has 7 heteroatoms. The van der Waals surface area contributed by atoms with Crippen LogP contribution in [-0.2, 0) is 16.3 Å². The molecule has 0 saturated heterocycles. The van der Waals surface area contributed by atoms with Gasteiger partial charge in [-0.3, -0.25) is 0 Å². The van der Waals surface area contributed by atoms with Crippen LogP contribution >= 0.6 is 11.6 Å². The minimum Gasteiger partial charge on any atom is -0.224 e. The molecule has 3 nitrogen and oxygen atoms in total. The third-order valence-electron chi connectivity index (χ3n) is 5.08. The maximum absolute atomic E-state index is 14.2. The summed E-state index contributed by atoms with van der Waals surface area (Å²) in [4.78, 5) is 0.152. The number of hydrogen-bond acceptors (Lipinski definition) is 3. The molecule has 30 heavy (non-hydrogen) atoms. The lowest BCUT2D eigenvalue weighted by Gasteiger charge is -2.16. The van der Waals surface area contributed by atoms with Crippen LogP contribution in [0.25, 0.3) is 5.57 Å². The number of sulfone groups is 1. The van der Waals surface area contributed by atoms with E-state index >= 15 is 0 Å². The van der Waals surface area contributed by atoms with Crippen molar-refractivity contribution in [3.05, 3.63) is 86.3 Å². The van der Waals surface area contributed by atoms with Gasteiger partial charge >= 0.3 is 0 Å². The number of aryl methyl sites for hydroxylation is 2. The maximum Gasteiger partial charge on any atom is 0.178 e. The zero-order chi connectivity index (χ0) is 21.9. The van der Waals surface area contributed by atoms with Crippen molar-refractivity contribution in [2.45, 2.75) is 32.6 Å². The molecule has 0 spiro atoms. The van der Waals surface area contributed by atoms with E-state index in [1.807, 2.05) is 6.07 Å². The zero-order valence-corrected chi connectivity index (χ0v) is 18.0. The van der Waals surface area contributed by atoms with Gasteiger partial charge in [0.25, 0.3) is 0 Å². The maximum atomic E-state index is 14.2. The number of hydrogen-bond donors (Lipinski definition) is 0. The quantitative estimate of drug-likeness (QED) is 0.553. The fourth-order valence-electron chi connectivity index (χ4n) is 3.47. The van der Waals surface area contributed by atoms with Gasteiger partial charge < -0.3 is 0 Å². The van der Waals surface area contributed by atoms with E-state index < -0.39 is 21.5 Å². The van der Waals surface area contributed by atoms with E-state index in [-0.39, 0.29) is 29.1 Å². The molecule has 0 aromatic heterocycles. The topological polar surface area (TPSA) is 57.9 Å². The smallest absolute Gasteiger partial charge is 0.178 e. The van der Waals surface area contributed by atoms with E-state index in [2.05, 4.69) is 0 Å². The van der Waals surface area contributed by atoms with Crippen molar-refractivity contribution in [2.75, 3.05) is 5.75 Å². The Morgan fingerprint density at radius 1 is 1.17 bits per heavy atom. The highest BCUT2D eigenvalue weighted by Gasteiger charge is 2.21. The summed E-state index contributed by atoms with van der Waals surface area (Å²) in [5, 5.41) is 9.34. The summed E-state index contributed by atoms with van der Waals surface area (Å²) in [6.07, 6.45) is 4.61. The number of allylic oxidation sites excluding steroid dienone is 3. The molecule has 2 aromatic rings. The molecular formula is C23H20ClF2NO2S. The largest absolute Gasteiger partial charge is 0.224 e. The minimum atomic E-state index is -3.60. The molecule has 1 aliphatic rings. The summed E-state index contributed by atoms with van der Waals surface area (Å²) in [5.74, 6) is -1.11. The van der Waals surface area contributed by atoms with Gasteiger partial charge in [-0.2, -0.15) is 5.26 Å². The average molecular weight is 448 g/mol. The predicted molar refractivity (Wildman–Crippen MR) is 115 cm³/mol. The molecular weight excluding hydrogens is 428 g/mol. The van der Waals surface area contributed by atoms with Crippen molar-refractivity contribution in [3.8, 4) is 6.07 Å². The van der Waals surface area contributed by atoms with E-state index in [4.69, 9.17) is 16.9 Å². The molecule has 3 rings (SSSR count). The van der Waals surface area contributed by atoms with Gasteiger partial charge in [0, 0.05) is 10.6 Å². The van der Waals surface area contributed by atoms with Gasteiger partial charge in [-0.05, 0) is 79.6 Å². The first-order valence-corrected chi connectivity index (χ1v) is 11.5. The molecule has 0 bridgehead atoms. The highest BCUT2D eigenvalue weighted by molar-refractivity contribution is 7.95. The Kier molecular flexibility index (Phi) is 6.74. The van der Waals surface area contributed by atoms with Gasteiger partial charge in [-0.1, -0.05) is 23.7 Å². The third kappa shape index (κ3) is 4.97. The van der Waals surface area contributed by atoms with Crippen molar-refractivity contribution < 1.29 is 17.2 Å². The first kappa shape index (κ1) is 22.2. The zero-order valence-electron chi connectivity index (χ0n) is 16.4. The molecule has 2 aromatic carbocycles. The second kappa shape index (κ2) is 9.11.